The molecule has 0 radical (unpaired) electrons. The fourth-order valence-corrected chi connectivity index (χ4v) is 1.86. The van der Waals surface area contributed by atoms with Crippen LogP contribution in [0.2, 0.25) is 0 Å². The van der Waals surface area contributed by atoms with Crippen molar-refractivity contribution in [1.29, 1.82) is 0 Å². The minimum atomic E-state index is -0.225. The Balaban J connectivity index is 2.09. The average Bonchev–Trinajstić information content (AvgIpc) is 2.26. The molecule has 2 rings (SSSR count). The molecule has 15 heavy (non-hydrogen) atoms. The number of hydrogen-bond donors (Lipinski definition) is 2. The van der Waals surface area contributed by atoms with Gasteiger partial charge in [-0.3, -0.25) is 4.79 Å². The van der Waals surface area contributed by atoms with Gasteiger partial charge in [0.05, 0.1) is 18.5 Å². The summed E-state index contributed by atoms with van der Waals surface area (Å²) in [6.07, 6.45) is 3.70. The highest BCUT2D eigenvalue weighted by Gasteiger charge is 2.15. The Morgan fingerprint density at radius 3 is 3.27 bits per heavy atom. The van der Waals surface area contributed by atoms with Crippen LogP contribution in [-0.4, -0.2) is 29.5 Å². The van der Waals surface area contributed by atoms with Crippen LogP contribution in [0.15, 0.2) is 15.5 Å². The highest BCUT2D eigenvalue weighted by atomic mass is 79.9. The lowest BCUT2D eigenvalue weighted by Crippen LogP contribution is -2.30. The van der Waals surface area contributed by atoms with Gasteiger partial charge in [0.15, 0.2) is 0 Å². The zero-order valence-electron chi connectivity index (χ0n) is 8.12. The largest absolute Gasteiger partial charge is 0.379 e. The van der Waals surface area contributed by atoms with E-state index in [0.717, 1.165) is 19.4 Å². The molecule has 1 atom stereocenters. The van der Waals surface area contributed by atoms with E-state index in [9.17, 15) is 4.79 Å². The van der Waals surface area contributed by atoms with Crippen LogP contribution in [0.1, 0.15) is 12.8 Å². The fraction of sp³-hybridized carbons (Fsp3) is 0.556. The van der Waals surface area contributed by atoms with Crippen LogP contribution < -0.4 is 10.9 Å². The number of aromatic amines is 1. The molecule has 5 nitrogen and oxygen atoms in total. The molecule has 0 spiro atoms. The van der Waals surface area contributed by atoms with E-state index >= 15 is 0 Å². The molecule has 0 saturated carbocycles. The van der Waals surface area contributed by atoms with Crippen LogP contribution in [0.25, 0.3) is 0 Å². The summed E-state index contributed by atoms with van der Waals surface area (Å²) in [5, 5.41) is 9.33. The lowest BCUT2D eigenvalue weighted by atomic mass is 10.1. The van der Waals surface area contributed by atoms with Crippen molar-refractivity contribution in [3.05, 3.63) is 21.0 Å². The second-order valence-corrected chi connectivity index (χ2v) is 4.28. The van der Waals surface area contributed by atoms with Gasteiger partial charge in [-0.2, -0.15) is 5.10 Å². The topological polar surface area (TPSA) is 67.0 Å². The first kappa shape index (κ1) is 10.6. The maximum Gasteiger partial charge on any atom is 0.280 e. The predicted molar refractivity (Wildman–Crippen MR) is 60.0 cm³/mol. The third-order valence-corrected chi connectivity index (χ3v) is 3.10. The van der Waals surface area contributed by atoms with Gasteiger partial charge in [0.1, 0.15) is 4.47 Å². The lowest BCUT2D eigenvalue weighted by Gasteiger charge is -2.24. The lowest BCUT2D eigenvalue weighted by molar-refractivity contribution is 0.0876. The SMILES string of the molecule is O=c1[nH]ncc(NC2CCCOC2)c1Br. The van der Waals surface area contributed by atoms with Gasteiger partial charge in [-0.25, -0.2) is 5.10 Å². The van der Waals surface area contributed by atoms with Crippen molar-refractivity contribution >= 4 is 21.6 Å². The van der Waals surface area contributed by atoms with E-state index in [1.807, 2.05) is 0 Å². The Hall–Kier alpha value is -0.880. The van der Waals surface area contributed by atoms with Crippen molar-refractivity contribution in [2.75, 3.05) is 18.5 Å². The Kier molecular flexibility index (Phi) is 3.37. The summed E-state index contributed by atoms with van der Waals surface area (Å²) in [6, 6.07) is 0.263. The van der Waals surface area contributed by atoms with Crippen LogP contribution in [0.3, 0.4) is 0 Å². The minimum Gasteiger partial charge on any atom is -0.379 e. The van der Waals surface area contributed by atoms with Gasteiger partial charge in [-0.05, 0) is 28.8 Å². The van der Waals surface area contributed by atoms with E-state index in [1.54, 1.807) is 6.20 Å². The van der Waals surface area contributed by atoms with Crippen LogP contribution in [0, 0.1) is 0 Å². The molecule has 1 aromatic heterocycles. The molecule has 0 aliphatic carbocycles. The molecule has 1 unspecified atom stereocenters. The molecule has 0 amide bonds. The Labute approximate surface area is 95.4 Å². The van der Waals surface area contributed by atoms with E-state index in [-0.39, 0.29) is 11.6 Å². The van der Waals surface area contributed by atoms with Gasteiger partial charge in [0.25, 0.3) is 5.56 Å². The standard InChI is InChI=1S/C9H12BrN3O2/c10-8-7(4-11-13-9(8)14)12-6-2-1-3-15-5-6/h4,6H,1-3,5H2,(H2,12,13,14). The van der Waals surface area contributed by atoms with Gasteiger partial charge in [-0.15, -0.1) is 0 Å². The number of rotatable bonds is 2. The second-order valence-electron chi connectivity index (χ2n) is 3.49. The molecule has 1 saturated heterocycles. The molecule has 1 aliphatic heterocycles. The smallest absolute Gasteiger partial charge is 0.280 e. The van der Waals surface area contributed by atoms with E-state index in [4.69, 9.17) is 4.74 Å². The number of nitrogens with zero attached hydrogens (tertiary/aromatic N) is 1. The maximum atomic E-state index is 11.2. The van der Waals surface area contributed by atoms with Crippen molar-refractivity contribution in [3.8, 4) is 0 Å². The number of halogens is 1. The maximum absolute atomic E-state index is 11.2. The number of H-pyrrole nitrogens is 1. The molecular weight excluding hydrogens is 262 g/mol. The summed E-state index contributed by atoms with van der Waals surface area (Å²) >= 11 is 3.22. The Morgan fingerprint density at radius 1 is 1.67 bits per heavy atom. The average molecular weight is 274 g/mol. The van der Waals surface area contributed by atoms with Gasteiger partial charge in [-0.1, -0.05) is 0 Å². The molecule has 2 heterocycles. The zero-order chi connectivity index (χ0) is 10.7. The molecular formula is C9H12BrN3O2. The monoisotopic (exact) mass is 273 g/mol. The van der Waals surface area contributed by atoms with Crippen molar-refractivity contribution < 1.29 is 4.74 Å². The third kappa shape index (κ3) is 2.57. The summed E-state index contributed by atoms with van der Waals surface area (Å²) in [4.78, 5) is 11.2. The predicted octanol–water partition coefficient (Wildman–Crippen LogP) is 1.12. The van der Waals surface area contributed by atoms with Gasteiger partial charge >= 0.3 is 0 Å². The highest BCUT2D eigenvalue weighted by Crippen LogP contribution is 2.19. The number of anilines is 1. The van der Waals surface area contributed by atoms with Crippen molar-refractivity contribution in [2.24, 2.45) is 0 Å². The Morgan fingerprint density at radius 2 is 2.53 bits per heavy atom. The van der Waals surface area contributed by atoms with Crippen LogP contribution >= 0.6 is 15.9 Å². The number of hydrogen-bond acceptors (Lipinski definition) is 4. The molecule has 1 aromatic rings. The fourth-order valence-electron chi connectivity index (χ4n) is 1.56. The van der Waals surface area contributed by atoms with E-state index in [1.165, 1.54) is 0 Å². The van der Waals surface area contributed by atoms with Crippen molar-refractivity contribution in [2.45, 2.75) is 18.9 Å². The normalized spacial score (nSPS) is 21.3. The second kappa shape index (κ2) is 4.76. The van der Waals surface area contributed by atoms with Crippen LogP contribution in [0.5, 0.6) is 0 Å². The molecule has 6 heteroatoms. The first-order chi connectivity index (χ1) is 7.27. The van der Waals surface area contributed by atoms with Gasteiger partial charge in [0.2, 0.25) is 0 Å². The van der Waals surface area contributed by atoms with Crippen LogP contribution in [-0.2, 0) is 4.74 Å². The number of nitrogens with one attached hydrogen (secondary N) is 2. The summed E-state index contributed by atoms with van der Waals surface area (Å²) in [5.74, 6) is 0. The molecule has 2 N–H and O–H groups in total. The number of aromatic nitrogens is 2. The Bertz CT molecular complexity index is 387. The molecule has 0 aromatic carbocycles. The molecule has 1 aliphatic rings. The summed E-state index contributed by atoms with van der Waals surface area (Å²) in [5.41, 5.74) is 0.492. The molecule has 0 bridgehead atoms. The van der Waals surface area contributed by atoms with E-state index in [0.29, 0.717) is 16.8 Å². The van der Waals surface area contributed by atoms with E-state index in [2.05, 4.69) is 31.4 Å². The summed E-state index contributed by atoms with van der Waals surface area (Å²) in [7, 11) is 0. The van der Waals surface area contributed by atoms with Crippen molar-refractivity contribution in [1.82, 2.24) is 10.2 Å². The van der Waals surface area contributed by atoms with Gasteiger partial charge in [0, 0.05) is 12.6 Å². The summed E-state index contributed by atoms with van der Waals surface area (Å²) in [6.45, 7) is 1.51. The summed E-state index contributed by atoms with van der Waals surface area (Å²) < 4.78 is 5.83. The minimum absolute atomic E-state index is 0.225. The first-order valence-corrected chi connectivity index (χ1v) is 5.64. The van der Waals surface area contributed by atoms with Crippen molar-refractivity contribution in [3.63, 3.8) is 0 Å². The van der Waals surface area contributed by atoms with Gasteiger partial charge < -0.3 is 10.1 Å². The quantitative estimate of drug-likeness (QED) is 0.848. The molecule has 82 valence electrons. The zero-order valence-corrected chi connectivity index (χ0v) is 9.71. The number of ether oxygens (including phenoxy) is 1. The first-order valence-electron chi connectivity index (χ1n) is 4.85. The molecule has 1 fully saturated rings. The van der Waals surface area contributed by atoms with E-state index < -0.39 is 0 Å². The highest BCUT2D eigenvalue weighted by molar-refractivity contribution is 9.10. The third-order valence-electron chi connectivity index (χ3n) is 2.32. The van der Waals surface area contributed by atoms with Crippen LogP contribution in [0.4, 0.5) is 5.69 Å².